The van der Waals surface area contributed by atoms with Gasteiger partial charge in [-0.15, -0.1) is 24.0 Å². The van der Waals surface area contributed by atoms with Crippen molar-refractivity contribution in [2.75, 3.05) is 19.6 Å². The zero-order valence-electron chi connectivity index (χ0n) is 14.7. The number of rotatable bonds is 11. The van der Waals surface area contributed by atoms with E-state index in [1.54, 1.807) is 0 Å². The largest absolute Gasteiger partial charge is 0.357 e. The van der Waals surface area contributed by atoms with Gasteiger partial charge in [-0.05, 0) is 26.7 Å². The van der Waals surface area contributed by atoms with E-state index in [1.807, 2.05) is 13.8 Å². The van der Waals surface area contributed by atoms with Gasteiger partial charge in [-0.3, -0.25) is 9.79 Å². The number of aliphatic imine (C=N–C) groups is 1. The molecule has 0 aliphatic rings. The fourth-order valence-electron chi connectivity index (χ4n) is 1.81. The fourth-order valence-corrected chi connectivity index (χ4v) is 1.81. The first-order chi connectivity index (χ1) is 10.1. The van der Waals surface area contributed by atoms with Crippen LogP contribution in [0.4, 0.5) is 0 Å². The van der Waals surface area contributed by atoms with Gasteiger partial charge in [0.1, 0.15) is 0 Å². The van der Waals surface area contributed by atoms with Crippen molar-refractivity contribution in [3.63, 3.8) is 0 Å². The van der Waals surface area contributed by atoms with E-state index >= 15 is 0 Å². The quantitative estimate of drug-likeness (QED) is 0.206. The van der Waals surface area contributed by atoms with E-state index in [0.29, 0.717) is 13.0 Å². The lowest BCUT2D eigenvalue weighted by atomic mass is 10.2. The first-order valence-electron chi connectivity index (χ1n) is 8.45. The summed E-state index contributed by atoms with van der Waals surface area (Å²) in [4.78, 5) is 16.2. The van der Waals surface area contributed by atoms with Gasteiger partial charge in [0.15, 0.2) is 5.96 Å². The van der Waals surface area contributed by atoms with Crippen molar-refractivity contribution in [2.45, 2.75) is 72.3 Å². The molecule has 1 atom stereocenters. The number of unbranched alkanes of at least 4 members (excludes halogenated alkanes) is 3. The van der Waals surface area contributed by atoms with E-state index in [2.05, 4.69) is 34.8 Å². The van der Waals surface area contributed by atoms with Gasteiger partial charge in [-0.25, -0.2) is 0 Å². The molecule has 1 amide bonds. The molecule has 0 aromatic rings. The SMILES string of the molecule is CCCCCCN=C(NCC)NCCC(=O)NC(C)CC.I. The molecule has 0 spiro atoms. The Morgan fingerprint density at radius 1 is 1.09 bits per heavy atom. The van der Waals surface area contributed by atoms with E-state index in [1.165, 1.54) is 19.3 Å². The maximum Gasteiger partial charge on any atom is 0.221 e. The standard InChI is InChI=1S/C16H34N4O.HI/c1-5-8-9-10-12-18-16(17-7-3)19-13-11-15(21)20-14(4)6-2;/h14H,5-13H2,1-4H3,(H,20,21)(H2,17,18,19);1H. The molecule has 0 saturated carbocycles. The summed E-state index contributed by atoms with van der Waals surface area (Å²) in [7, 11) is 0. The van der Waals surface area contributed by atoms with Crippen molar-refractivity contribution >= 4 is 35.8 Å². The van der Waals surface area contributed by atoms with Crippen molar-refractivity contribution in [1.29, 1.82) is 0 Å². The van der Waals surface area contributed by atoms with Crippen LogP contribution in [0.5, 0.6) is 0 Å². The second-order valence-corrected chi connectivity index (χ2v) is 5.37. The summed E-state index contributed by atoms with van der Waals surface area (Å²) >= 11 is 0. The first kappa shape index (κ1) is 23.7. The van der Waals surface area contributed by atoms with E-state index in [4.69, 9.17) is 0 Å². The molecular formula is C16H35IN4O. The van der Waals surface area contributed by atoms with Gasteiger partial charge in [-0.2, -0.15) is 0 Å². The van der Waals surface area contributed by atoms with Crippen LogP contribution in [-0.2, 0) is 4.79 Å². The zero-order chi connectivity index (χ0) is 15.9. The van der Waals surface area contributed by atoms with Crippen molar-refractivity contribution in [1.82, 2.24) is 16.0 Å². The maximum absolute atomic E-state index is 11.7. The van der Waals surface area contributed by atoms with Crippen LogP contribution in [0.1, 0.15) is 66.2 Å². The lowest BCUT2D eigenvalue weighted by Gasteiger charge is -2.13. The minimum atomic E-state index is 0. The van der Waals surface area contributed by atoms with Crippen LogP contribution in [0, 0.1) is 0 Å². The van der Waals surface area contributed by atoms with Crippen LogP contribution in [0.3, 0.4) is 0 Å². The first-order valence-corrected chi connectivity index (χ1v) is 8.45. The van der Waals surface area contributed by atoms with Crippen LogP contribution in [0.25, 0.3) is 0 Å². The fraction of sp³-hybridized carbons (Fsp3) is 0.875. The molecular weight excluding hydrogens is 391 g/mol. The summed E-state index contributed by atoms with van der Waals surface area (Å²) in [5, 5.41) is 9.38. The van der Waals surface area contributed by atoms with E-state index in [-0.39, 0.29) is 35.9 Å². The smallest absolute Gasteiger partial charge is 0.221 e. The van der Waals surface area contributed by atoms with Crippen LogP contribution in [0.15, 0.2) is 4.99 Å². The third kappa shape index (κ3) is 14.4. The zero-order valence-corrected chi connectivity index (χ0v) is 17.0. The molecule has 5 nitrogen and oxygen atoms in total. The summed E-state index contributed by atoms with van der Waals surface area (Å²) in [6.07, 6.45) is 6.31. The number of amides is 1. The number of guanidine groups is 1. The summed E-state index contributed by atoms with van der Waals surface area (Å²) < 4.78 is 0. The predicted molar refractivity (Wildman–Crippen MR) is 106 cm³/mol. The molecule has 0 radical (unpaired) electrons. The number of nitrogens with one attached hydrogen (secondary N) is 3. The Bertz CT molecular complexity index is 298. The van der Waals surface area contributed by atoms with Gasteiger partial charge >= 0.3 is 0 Å². The molecule has 0 rings (SSSR count). The van der Waals surface area contributed by atoms with Crippen LogP contribution in [0.2, 0.25) is 0 Å². The molecule has 0 aromatic carbocycles. The summed E-state index contributed by atoms with van der Waals surface area (Å²) in [6.45, 7) is 10.6. The number of halogens is 1. The Morgan fingerprint density at radius 2 is 1.82 bits per heavy atom. The van der Waals surface area contributed by atoms with Gasteiger partial charge < -0.3 is 16.0 Å². The predicted octanol–water partition coefficient (Wildman–Crippen LogP) is 3.04. The Hall–Kier alpha value is -0.530. The van der Waals surface area contributed by atoms with Crippen molar-refractivity contribution in [2.24, 2.45) is 4.99 Å². The van der Waals surface area contributed by atoms with Gasteiger partial charge in [0.25, 0.3) is 0 Å². The van der Waals surface area contributed by atoms with Gasteiger partial charge in [0.05, 0.1) is 0 Å². The normalized spacial score (nSPS) is 12.3. The number of carbonyl (C=O) groups is 1. The van der Waals surface area contributed by atoms with E-state index in [9.17, 15) is 4.79 Å². The number of nitrogens with zero attached hydrogens (tertiary/aromatic N) is 1. The van der Waals surface area contributed by atoms with E-state index in [0.717, 1.165) is 31.9 Å². The molecule has 0 aliphatic carbocycles. The van der Waals surface area contributed by atoms with E-state index < -0.39 is 0 Å². The Morgan fingerprint density at radius 3 is 2.41 bits per heavy atom. The molecule has 0 aromatic heterocycles. The molecule has 1 unspecified atom stereocenters. The lowest BCUT2D eigenvalue weighted by molar-refractivity contribution is -0.121. The summed E-state index contributed by atoms with van der Waals surface area (Å²) in [5.41, 5.74) is 0. The second kappa shape index (κ2) is 16.8. The van der Waals surface area contributed by atoms with Crippen LogP contribution >= 0.6 is 24.0 Å². The molecule has 0 saturated heterocycles. The molecule has 132 valence electrons. The minimum Gasteiger partial charge on any atom is -0.357 e. The highest BCUT2D eigenvalue weighted by Gasteiger charge is 2.05. The highest BCUT2D eigenvalue weighted by atomic mass is 127. The molecule has 0 heterocycles. The Kier molecular flexibility index (Phi) is 18.2. The molecule has 6 heteroatoms. The molecule has 22 heavy (non-hydrogen) atoms. The lowest BCUT2D eigenvalue weighted by Crippen LogP contribution is -2.40. The van der Waals surface area contributed by atoms with Crippen molar-refractivity contribution < 1.29 is 4.79 Å². The van der Waals surface area contributed by atoms with Crippen molar-refractivity contribution in [3.05, 3.63) is 0 Å². The topological polar surface area (TPSA) is 65.5 Å². The van der Waals surface area contributed by atoms with Crippen LogP contribution < -0.4 is 16.0 Å². The van der Waals surface area contributed by atoms with Gasteiger partial charge in [-0.1, -0.05) is 33.1 Å². The average Bonchev–Trinajstić information content (AvgIpc) is 2.46. The minimum absolute atomic E-state index is 0. The Labute approximate surface area is 153 Å². The average molecular weight is 426 g/mol. The summed E-state index contributed by atoms with van der Waals surface area (Å²) in [5.74, 6) is 0.904. The second-order valence-electron chi connectivity index (χ2n) is 5.37. The Balaban J connectivity index is 0. The monoisotopic (exact) mass is 426 g/mol. The van der Waals surface area contributed by atoms with Gasteiger partial charge in [0.2, 0.25) is 5.91 Å². The summed E-state index contributed by atoms with van der Waals surface area (Å²) in [6, 6.07) is 0.248. The molecule has 3 N–H and O–H groups in total. The number of hydrogen-bond donors (Lipinski definition) is 3. The number of hydrogen-bond acceptors (Lipinski definition) is 2. The highest BCUT2D eigenvalue weighted by molar-refractivity contribution is 14.0. The molecule has 0 aliphatic heterocycles. The number of carbonyl (C=O) groups excluding carboxylic acids is 1. The maximum atomic E-state index is 11.7. The van der Waals surface area contributed by atoms with Crippen LogP contribution in [-0.4, -0.2) is 37.5 Å². The third-order valence-corrected chi connectivity index (χ3v) is 3.29. The van der Waals surface area contributed by atoms with Crippen molar-refractivity contribution in [3.8, 4) is 0 Å². The highest BCUT2D eigenvalue weighted by Crippen LogP contribution is 1.98. The third-order valence-electron chi connectivity index (χ3n) is 3.29. The van der Waals surface area contributed by atoms with Gasteiger partial charge in [0, 0.05) is 32.1 Å². The molecule has 0 fully saturated rings. The molecule has 0 bridgehead atoms.